The van der Waals surface area contributed by atoms with Crippen LogP contribution in [-0.4, -0.2) is 44.1 Å². The van der Waals surface area contributed by atoms with E-state index in [1.807, 2.05) is 0 Å². The van der Waals surface area contributed by atoms with Crippen molar-refractivity contribution in [3.8, 4) is 11.8 Å². The molecule has 0 atom stereocenters. The average Bonchev–Trinajstić information content (AvgIpc) is 2.91. The van der Waals surface area contributed by atoms with Gasteiger partial charge in [0.15, 0.2) is 5.65 Å². The van der Waals surface area contributed by atoms with Gasteiger partial charge in [-0.2, -0.15) is 22.7 Å². The van der Waals surface area contributed by atoms with E-state index in [1.165, 1.54) is 41.9 Å². The number of carbonyl (C=O) groups excluding carboxylic acids is 1. The first-order valence-electron chi connectivity index (χ1n) is 8.18. The fourth-order valence-electron chi connectivity index (χ4n) is 2.59. The van der Waals surface area contributed by atoms with Crippen LogP contribution in [0.1, 0.15) is 12.5 Å². The summed E-state index contributed by atoms with van der Waals surface area (Å²) < 4.78 is 46.0. The van der Waals surface area contributed by atoms with Gasteiger partial charge in [0.25, 0.3) is 0 Å². The van der Waals surface area contributed by atoms with Crippen LogP contribution < -0.4 is 10.4 Å². The summed E-state index contributed by atoms with van der Waals surface area (Å²) in [6.45, 7) is 2.00. The number of hydrogen-bond donors (Lipinski definition) is 0. The normalized spacial score (nSPS) is 11.6. The van der Waals surface area contributed by atoms with Crippen molar-refractivity contribution < 1.29 is 22.7 Å². The number of carbonyl (C=O) groups is 1. The van der Waals surface area contributed by atoms with Crippen LogP contribution in [-0.2, 0) is 12.7 Å². The highest BCUT2D eigenvalue weighted by molar-refractivity contribution is 5.86. The molecule has 0 spiro atoms. The van der Waals surface area contributed by atoms with E-state index in [2.05, 4.69) is 9.97 Å². The van der Waals surface area contributed by atoms with Gasteiger partial charge in [-0.15, -0.1) is 0 Å². The van der Waals surface area contributed by atoms with E-state index in [0.717, 1.165) is 16.7 Å². The minimum absolute atomic E-state index is 0.00234. The van der Waals surface area contributed by atoms with Gasteiger partial charge in [-0.3, -0.25) is 4.57 Å². The molecule has 0 aliphatic carbocycles. The second-order valence-corrected chi connectivity index (χ2v) is 6.03. The van der Waals surface area contributed by atoms with Crippen molar-refractivity contribution in [1.29, 1.82) is 0 Å². The lowest BCUT2D eigenvalue weighted by molar-refractivity contribution is -0.137. The van der Waals surface area contributed by atoms with Crippen LogP contribution in [0.25, 0.3) is 11.2 Å². The molecular weight excluding hydrogens is 379 g/mol. The Balaban J connectivity index is 2.09. The molecule has 11 heteroatoms. The average molecular weight is 395 g/mol. The van der Waals surface area contributed by atoms with E-state index in [1.54, 1.807) is 6.92 Å². The second-order valence-electron chi connectivity index (χ2n) is 6.03. The lowest BCUT2D eigenvalue weighted by atomic mass is 10.2. The molecule has 0 N–H and O–H groups in total. The molecule has 0 fully saturated rings. The maximum atomic E-state index is 12.8. The monoisotopic (exact) mass is 395 g/mol. The van der Waals surface area contributed by atoms with Crippen LogP contribution in [0.3, 0.4) is 0 Å². The summed E-state index contributed by atoms with van der Waals surface area (Å²) in [6, 6.07) is 3.31. The SMILES string of the molecule is CCn1c(=O)n(C(=O)N(C)C)c2nc(Oc3cccc(C(F)(F)F)c3)ncc21. The fraction of sp³-hybridized carbons (Fsp3) is 0.294. The smallest absolute Gasteiger partial charge is 0.416 e. The molecule has 0 radical (unpaired) electrons. The van der Waals surface area contributed by atoms with E-state index in [4.69, 9.17) is 4.74 Å². The van der Waals surface area contributed by atoms with Crippen LogP contribution in [0, 0.1) is 0 Å². The summed E-state index contributed by atoms with van der Waals surface area (Å²) >= 11 is 0. The molecule has 0 unspecified atom stereocenters. The minimum Gasteiger partial charge on any atom is -0.424 e. The summed E-state index contributed by atoms with van der Waals surface area (Å²) in [5.74, 6) is -0.128. The Hall–Kier alpha value is -3.37. The largest absolute Gasteiger partial charge is 0.424 e. The molecule has 0 saturated carbocycles. The van der Waals surface area contributed by atoms with Gasteiger partial charge in [0.2, 0.25) is 0 Å². The zero-order valence-corrected chi connectivity index (χ0v) is 15.2. The molecule has 8 nitrogen and oxygen atoms in total. The summed E-state index contributed by atoms with van der Waals surface area (Å²) in [5, 5.41) is 0. The number of benzene rings is 1. The zero-order valence-electron chi connectivity index (χ0n) is 15.2. The van der Waals surface area contributed by atoms with E-state index >= 15 is 0 Å². The standard InChI is InChI=1S/C17H16F3N5O3/c1-4-24-12-9-21-14(22-13(12)25(16(24)27)15(26)23(2)3)28-11-7-5-6-10(8-11)17(18,19)20/h5-9H,4H2,1-3H3. The first-order chi connectivity index (χ1) is 13.1. The number of hydrogen-bond acceptors (Lipinski definition) is 5. The Labute approximate surface area is 156 Å². The third kappa shape index (κ3) is 3.42. The number of ether oxygens (including phenoxy) is 1. The van der Waals surface area contributed by atoms with Crippen molar-refractivity contribution in [2.24, 2.45) is 0 Å². The fourth-order valence-corrected chi connectivity index (χ4v) is 2.59. The van der Waals surface area contributed by atoms with Gasteiger partial charge in [0, 0.05) is 20.6 Å². The number of halogens is 3. The van der Waals surface area contributed by atoms with Crippen molar-refractivity contribution in [1.82, 2.24) is 24.0 Å². The Morgan fingerprint density at radius 3 is 2.61 bits per heavy atom. The van der Waals surface area contributed by atoms with E-state index in [9.17, 15) is 22.8 Å². The topological polar surface area (TPSA) is 82.2 Å². The number of aryl methyl sites for hydroxylation is 1. The van der Waals surface area contributed by atoms with E-state index in [0.29, 0.717) is 5.52 Å². The number of aromatic nitrogens is 4. The number of imidazole rings is 1. The highest BCUT2D eigenvalue weighted by Gasteiger charge is 2.30. The Bertz CT molecular complexity index is 1100. The summed E-state index contributed by atoms with van der Waals surface area (Å²) in [7, 11) is 2.95. The molecule has 148 valence electrons. The maximum absolute atomic E-state index is 12.8. The Kier molecular flexibility index (Phi) is 4.84. The molecular formula is C17H16F3N5O3. The second kappa shape index (κ2) is 6.98. The summed E-state index contributed by atoms with van der Waals surface area (Å²) in [5.41, 5.74) is -1.17. The summed E-state index contributed by atoms with van der Waals surface area (Å²) in [4.78, 5) is 34.1. The quantitative estimate of drug-likeness (QED) is 0.681. The highest BCUT2D eigenvalue weighted by atomic mass is 19.4. The molecule has 2 aromatic heterocycles. The van der Waals surface area contributed by atoms with Gasteiger partial charge in [-0.1, -0.05) is 6.07 Å². The van der Waals surface area contributed by atoms with Crippen molar-refractivity contribution in [3.63, 3.8) is 0 Å². The first-order valence-corrected chi connectivity index (χ1v) is 8.18. The molecule has 0 aliphatic rings. The van der Waals surface area contributed by atoms with Crippen molar-refractivity contribution in [2.75, 3.05) is 14.1 Å². The van der Waals surface area contributed by atoms with Gasteiger partial charge >= 0.3 is 23.9 Å². The van der Waals surface area contributed by atoms with Gasteiger partial charge in [0.1, 0.15) is 11.3 Å². The van der Waals surface area contributed by atoms with Crippen LogP contribution >= 0.6 is 0 Å². The first kappa shape index (κ1) is 19.4. The molecule has 3 aromatic rings. The zero-order chi connectivity index (χ0) is 20.6. The van der Waals surface area contributed by atoms with Crippen LogP contribution in [0.4, 0.5) is 18.0 Å². The van der Waals surface area contributed by atoms with E-state index < -0.39 is 23.5 Å². The molecule has 1 aromatic carbocycles. The van der Waals surface area contributed by atoms with Gasteiger partial charge < -0.3 is 9.64 Å². The van der Waals surface area contributed by atoms with Gasteiger partial charge in [-0.05, 0) is 25.1 Å². The maximum Gasteiger partial charge on any atom is 0.416 e. The van der Waals surface area contributed by atoms with Gasteiger partial charge in [-0.25, -0.2) is 14.6 Å². The molecule has 2 heterocycles. The number of rotatable bonds is 3. The van der Waals surface area contributed by atoms with Crippen LogP contribution in [0.15, 0.2) is 35.3 Å². The lowest BCUT2D eigenvalue weighted by Crippen LogP contribution is -2.36. The molecule has 3 rings (SSSR count). The molecule has 1 amide bonds. The highest BCUT2D eigenvalue weighted by Crippen LogP contribution is 2.32. The predicted molar refractivity (Wildman–Crippen MR) is 93.5 cm³/mol. The van der Waals surface area contributed by atoms with Crippen LogP contribution in [0.2, 0.25) is 0 Å². The lowest BCUT2D eigenvalue weighted by Gasteiger charge is -2.10. The number of nitrogens with zero attached hydrogens (tertiary/aromatic N) is 5. The molecule has 0 bridgehead atoms. The van der Waals surface area contributed by atoms with Crippen LogP contribution in [0.5, 0.6) is 11.8 Å². The van der Waals surface area contributed by atoms with Crippen molar-refractivity contribution >= 4 is 17.2 Å². The minimum atomic E-state index is -4.53. The Morgan fingerprint density at radius 2 is 2.00 bits per heavy atom. The molecule has 28 heavy (non-hydrogen) atoms. The van der Waals surface area contributed by atoms with Crippen molar-refractivity contribution in [2.45, 2.75) is 19.6 Å². The summed E-state index contributed by atoms with van der Waals surface area (Å²) in [6.07, 6.45) is -3.24. The third-order valence-corrected chi connectivity index (χ3v) is 3.91. The molecule has 0 aliphatic heterocycles. The number of fused-ring (bicyclic) bond motifs is 1. The third-order valence-electron chi connectivity index (χ3n) is 3.91. The number of amides is 1. The predicted octanol–water partition coefficient (Wildman–Crippen LogP) is 2.95. The molecule has 0 saturated heterocycles. The number of alkyl halides is 3. The van der Waals surface area contributed by atoms with Gasteiger partial charge in [0.05, 0.1) is 11.8 Å². The Morgan fingerprint density at radius 1 is 1.29 bits per heavy atom. The van der Waals surface area contributed by atoms with Crippen molar-refractivity contribution in [3.05, 3.63) is 46.5 Å². The van der Waals surface area contributed by atoms with E-state index in [-0.39, 0.29) is 24.0 Å².